The van der Waals surface area contributed by atoms with Crippen molar-refractivity contribution in [3.05, 3.63) is 58.3 Å². The fourth-order valence-electron chi connectivity index (χ4n) is 3.99. The molecule has 1 fully saturated rings. The Morgan fingerprint density at radius 1 is 1.28 bits per heavy atom. The Morgan fingerprint density at radius 3 is 2.66 bits per heavy atom. The highest BCUT2D eigenvalue weighted by atomic mass is 32.1. The van der Waals surface area contributed by atoms with E-state index in [1.165, 1.54) is 5.56 Å². The first kappa shape index (κ1) is 20.9. The zero-order chi connectivity index (χ0) is 20.5. The summed E-state index contributed by atoms with van der Waals surface area (Å²) in [6.07, 6.45) is 6.14. The van der Waals surface area contributed by atoms with E-state index in [9.17, 15) is 4.79 Å². The zero-order valence-corrected chi connectivity index (χ0v) is 17.5. The van der Waals surface area contributed by atoms with Gasteiger partial charge >= 0.3 is 0 Å². The summed E-state index contributed by atoms with van der Waals surface area (Å²) in [5.74, 6) is 0.575. The van der Waals surface area contributed by atoms with Crippen LogP contribution in [0.5, 0.6) is 0 Å². The van der Waals surface area contributed by atoms with Gasteiger partial charge in [-0.05, 0) is 53.6 Å². The van der Waals surface area contributed by atoms with E-state index >= 15 is 0 Å². The Kier molecular flexibility index (Phi) is 7.25. The first-order chi connectivity index (χ1) is 14.1. The molecule has 0 bridgehead atoms. The molecule has 0 aliphatic heterocycles. The number of carbonyl (C=O) groups is 1. The molecule has 152 valence electrons. The number of nitriles is 1. The van der Waals surface area contributed by atoms with Gasteiger partial charge in [0.2, 0.25) is 11.9 Å². The van der Waals surface area contributed by atoms with Crippen LogP contribution in [0.2, 0.25) is 0 Å². The number of thiophene rings is 1. The second kappa shape index (κ2) is 10.1. The standard InChI is InChI=1S/C22H27N5OS/c1-24-21(26-16-23)27-19-7-10-22(11-8-19,18-5-3-2-4-6-18)15-25-20(28)13-17-9-12-29-14-17/h2-6,9,12,14,19H,7-8,10-11,13,15H2,1H3,(H,25,28)(H2,24,26,27). The maximum atomic E-state index is 12.5. The minimum Gasteiger partial charge on any atom is -0.355 e. The summed E-state index contributed by atoms with van der Waals surface area (Å²) in [4.78, 5) is 16.6. The summed E-state index contributed by atoms with van der Waals surface area (Å²) >= 11 is 1.61. The Balaban J connectivity index is 1.65. The molecule has 0 saturated heterocycles. The molecule has 2 aromatic rings. The highest BCUT2D eigenvalue weighted by Crippen LogP contribution is 2.39. The highest BCUT2D eigenvalue weighted by molar-refractivity contribution is 7.08. The van der Waals surface area contributed by atoms with Crippen LogP contribution in [0, 0.1) is 11.5 Å². The van der Waals surface area contributed by atoms with Gasteiger partial charge in [0.15, 0.2) is 6.19 Å². The van der Waals surface area contributed by atoms with Crippen LogP contribution in [0.1, 0.15) is 36.8 Å². The predicted molar refractivity (Wildman–Crippen MR) is 117 cm³/mol. The largest absolute Gasteiger partial charge is 0.355 e. The van der Waals surface area contributed by atoms with Gasteiger partial charge in [-0.1, -0.05) is 30.3 Å². The Hall–Kier alpha value is -2.85. The van der Waals surface area contributed by atoms with Crippen molar-refractivity contribution < 1.29 is 4.79 Å². The lowest BCUT2D eigenvalue weighted by Gasteiger charge is -2.41. The maximum absolute atomic E-state index is 12.5. The lowest BCUT2D eigenvalue weighted by Crippen LogP contribution is -2.49. The second-order valence-electron chi connectivity index (χ2n) is 7.46. The summed E-state index contributed by atoms with van der Waals surface area (Å²) in [6, 6.07) is 12.7. The molecular formula is C22H27N5OS. The minimum absolute atomic E-state index is 0.0672. The number of aliphatic imine (C=N–C) groups is 1. The fourth-order valence-corrected chi connectivity index (χ4v) is 4.65. The molecule has 29 heavy (non-hydrogen) atoms. The van der Waals surface area contributed by atoms with Gasteiger partial charge in [-0.25, -0.2) is 0 Å². The van der Waals surface area contributed by atoms with E-state index < -0.39 is 0 Å². The number of nitrogens with zero attached hydrogens (tertiary/aromatic N) is 2. The molecule has 0 radical (unpaired) electrons. The van der Waals surface area contributed by atoms with Crippen LogP contribution < -0.4 is 16.0 Å². The van der Waals surface area contributed by atoms with Crippen LogP contribution in [0.25, 0.3) is 0 Å². The van der Waals surface area contributed by atoms with Crippen molar-refractivity contribution in [1.82, 2.24) is 16.0 Å². The van der Waals surface area contributed by atoms with Gasteiger partial charge in [0.05, 0.1) is 6.42 Å². The fraction of sp³-hybridized carbons (Fsp3) is 0.409. The molecule has 1 aliphatic rings. The third-order valence-electron chi connectivity index (χ3n) is 5.64. The number of nitrogens with one attached hydrogen (secondary N) is 3. The SMILES string of the molecule is CN=C(NC#N)NC1CCC(CNC(=O)Cc2ccsc2)(c2ccccc2)CC1. The summed E-state index contributed by atoms with van der Waals surface area (Å²) in [6.45, 7) is 0.637. The van der Waals surface area contributed by atoms with Crippen molar-refractivity contribution in [3.8, 4) is 6.19 Å². The van der Waals surface area contributed by atoms with Crippen molar-refractivity contribution in [2.45, 2.75) is 43.6 Å². The van der Waals surface area contributed by atoms with E-state index in [1.807, 2.05) is 29.1 Å². The third kappa shape index (κ3) is 5.58. The minimum atomic E-state index is -0.0735. The van der Waals surface area contributed by atoms with Gasteiger partial charge in [-0.2, -0.15) is 16.6 Å². The summed E-state index contributed by atoms with van der Waals surface area (Å²) in [5.41, 5.74) is 2.26. The molecule has 0 unspecified atom stereocenters. The Bertz CT molecular complexity index is 849. The Morgan fingerprint density at radius 2 is 2.03 bits per heavy atom. The molecule has 1 aromatic heterocycles. The molecular weight excluding hydrogens is 382 g/mol. The van der Waals surface area contributed by atoms with Crippen LogP contribution >= 0.6 is 11.3 Å². The highest BCUT2D eigenvalue weighted by Gasteiger charge is 2.37. The molecule has 0 spiro atoms. The lowest BCUT2D eigenvalue weighted by molar-refractivity contribution is -0.120. The van der Waals surface area contributed by atoms with Gasteiger partial charge in [0, 0.05) is 25.0 Å². The number of hydrogen-bond acceptors (Lipinski definition) is 4. The first-order valence-corrected chi connectivity index (χ1v) is 10.8. The molecule has 1 aliphatic carbocycles. The molecule has 3 N–H and O–H groups in total. The monoisotopic (exact) mass is 409 g/mol. The number of rotatable bonds is 6. The van der Waals surface area contributed by atoms with Gasteiger partial charge in [0.1, 0.15) is 0 Å². The number of hydrogen-bond donors (Lipinski definition) is 3. The van der Waals surface area contributed by atoms with Crippen LogP contribution in [0.15, 0.2) is 52.2 Å². The normalized spacial score (nSPS) is 21.8. The summed E-state index contributed by atoms with van der Waals surface area (Å²) in [7, 11) is 1.66. The third-order valence-corrected chi connectivity index (χ3v) is 6.37. The predicted octanol–water partition coefficient (Wildman–Crippen LogP) is 2.93. The zero-order valence-electron chi connectivity index (χ0n) is 16.6. The number of carbonyl (C=O) groups excluding carboxylic acids is 1. The summed E-state index contributed by atoms with van der Waals surface area (Å²) in [5, 5.41) is 21.9. The lowest BCUT2D eigenvalue weighted by atomic mass is 9.68. The van der Waals surface area contributed by atoms with E-state index in [1.54, 1.807) is 18.4 Å². The molecule has 1 amide bonds. The first-order valence-electron chi connectivity index (χ1n) is 9.87. The average Bonchev–Trinajstić information content (AvgIpc) is 3.26. The molecule has 1 aromatic carbocycles. The van der Waals surface area contributed by atoms with Crippen LogP contribution in [-0.2, 0) is 16.6 Å². The molecule has 1 saturated carbocycles. The average molecular weight is 410 g/mol. The van der Waals surface area contributed by atoms with Gasteiger partial charge in [-0.15, -0.1) is 0 Å². The number of guanidine groups is 1. The second-order valence-corrected chi connectivity index (χ2v) is 8.24. The molecule has 7 heteroatoms. The summed E-state index contributed by atoms with van der Waals surface area (Å²) < 4.78 is 0. The maximum Gasteiger partial charge on any atom is 0.224 e. The Labute approximate surface area is 176 Å². The topological polar surface area (TPSA) is 89.3 Å². The van der Waals surface area contributed by atoms with Gasteiger partial charge in [-0.3, -0.25) is 15.1 Å². The van der Waals surface area contributed by atoms with E-state index in [0.717, 1.165) is 31.2 Å². The number of amides is 1. The van der Waals surface area contributed by atoms with Gasteiger partial charge in [0.25, 0.3) is 0 Å². The number of benzene rings is 1. The quantitative estimate of drug-likeness (QED) is 0.296. The van der Waals surface area contributed by atoms with Crippen molar-refractivity contribution in [2.24, 2.45) is 4.99 Å². The van der Waals surface area contributed by atoms with E-state index in [4.69, 9.17) is 5.26 Å². The molecule has 1 heterocycles. The van der Waals surface area contributed by atoms with Crippen molar-refractivity contribution in [3.63, 3.8) is 0 Å². The van der Waals surface area contributed by atoms with Crippen LogP contribution in [0.3, 0.4) is 0 Å². The molecule has 6 nitrogen and oxygen atoms in total. The molecule has 3 rings (SSSR count). The van der Waals surface area contributed by atoms with Crippen LogP contribution in [-0.4, -0.2) is 31.5 Å². The van der Waals surface area contributed by atoms with E-state index in [2.05, 4.69) is 45.2 Å². The van der Waals surface area contributed by atoms with E-state index in [-0.39, 0.29) is 17.4 Å². The van der Waals surface area contributed by atoms with Crippen molar-refractivity contribution in [2.75, 3.05) is 13.6 Å². The van der Waals surface area contributed by atoms with Crippen molar-refractivity contribution in [1.29, 1.82) is 5.26 Å². The van der Waals surface area contributed by atoms with E-state index in [0.29, 0.717) is 18.9 Å². The van der Waals surface area contributed by atoms with Gasteiger partial charge < -0.3 is 10.6 Å². The smallest absolute Gasteiger partial charge is 0.224 e. The van der Waals surface area contributed by atoms with Crippen molar-refractivity contribution >= 4 is 23.2 Å². The molecule has 0 atom stereocenters. The van der Waals surface area contributed by atoms with Crippen LogP contribution in [0.4, 0.5) is 0 Å².